The molecular formula is C32H33N3O5. The van der Waals surface area contributed by atoms with Gasteiger partial charge in [-0.2, -0.15) is 0 Å². The molecule has 2 aliphatic rings. The Balaban J connectivity index is 1.44. The average Bonchev–Trinajstić information content (AvgIpc) is 3.55. The molecule has 0 saturated carbocycles. The molecule has 3 amide bonds. The van der Waals surface area contributed by atoms with Crippen molar-refractivity contribution in [2.45, 2.75) is 37.8 Å². The van der Waals surface area contributed by atoms with Crippen LogP contribution in [0.25, 0.3) is 0 Å². The molecule has 40 heavy (non-hydrogen) atoms. The van der Waals surface area contributed by atoms with Crippen LogP contribution < -0.4 is 10.2 Å². The summed E-state index contributed by atoms with van der Waals surface area (Å²) >= 11 is 0. The van der Waals surface area contributed by atoms with Crippen LogP contribution in [0.1, 0.15) is 42.1 Å². The lowest BCUT2D eigenvalue weighted by Gasteiger charge is -2.28. The van der Waals surface area contributed by atoms with E-state index in [0.717, 1.165) is 12.8 Å². The molecular weight excluding hydrogens is 506 g/mol. The molecule has 1 fully saturated rings. The van der Waals surface area contributed by atoms with Crippen molar-refractivity contribution in [2.75, 3.05) is 23.4 Å². The van der Waals surface area contributed by atoms with Crippen LogP contribution in [0.5, 0.6) is 0 Å². The molecule has 0 aliphatic carbocycles. The molecule has 0 radical (unpaired) electrons. The van der Waals surface area contributed by atoms with Gasteiger partial charge in [-0.25, -0.2) is 0 Å². The number of carbonyl (C=O) groups excluding carboxylic acids is 3. The zero-order valence-corrected chi connectivity index (χ0v) is 22.4. The zero-order valence-electron chi connectivity index (χ0n) is 22.4. The first kappa shape index (κ1) is 27.3. The maximum absolute atomic E-state index is 13.9. The highest BCUT2D eigenvalue weighted by Crippen LogP contribution is 2.49. The van der Waals surface area contributed by atoms with E-state index >= 15 is 0 Å². The maximum Gasteiger partial charge on any atom is 0.268 e. The minimum atomic E-state index is -1.93. The number of likely N-dealkylation sites (tertiary alicyclic amines) is 1. The highest BCUT2D eigenvalue weighted by molar-refractivity contribution is 6.13. The molecule has 5 rings (SSSR count). The SMILES string of the molecule is C[C@@H](/C=C/CC(=O)N1CCC[C@H]1CO)[C@]1(O)C(=O)N(c2ccccc2)c2ccc(NC(=O)c3ccccc3)cc21. The number of nitrogens with one attached hydrogen (secondary N) is 1. The zero-order chi connectivity index (χ0) is 28.3. The summed E-state index contributed by atoms with van der Waals surface area (Å²) in [4.78, 5) is 42.7. The van der Waals surface area contributed by atoms with Gasteiger partial charge in [0.1, 0.15) is 0 Å². The highest BCUT2D eigenvalue weighted by Gasteiger charge is 2.53. The van der Waals surface area contributed by atoms with Crippen molar-refractivity contribution in [3.05, 3.63) is 102 Å². The molecule has 0 unspecified atom stereocenters. The van der Waals surface area contributed by atoms with Gasteiger partial charge in [0, 0.05) is 41.4 Å². The lowest BCUT2D eigenvalue weighted by molar-refractivity contribution is -0.138. The van der Waals surface area contributed by atoms with Gasteiger partial charge in [-0.05, 0) is 55.3 Å². The van der Waals surface area contributed by atoms with Crippen LogP contribution in [0.15, 0.2) is 91.0 Å². The number of benzene rings is 3. The summed E-state index contributed by atoms with van der Waals surface area (Å²) in [6.45, 7) is 2.29. The fourth-order valence-corrected chi connectivity index (χ4v) is 5.56. The second-order valence-electron chi connectivity index (χ2n) is 10.3. The number of amides is 3. The number of aliphatic hydroxyl groups excluding tert-OH is 1. The van der Waals surface area contributed by atoms with Gasteiger partial charge in [0.25, 0.3) is 11.8 Å². The molecule has 8 nitrogen and oxygen atoms in total. The summed E-state index contributed by atoms with van der Waals surface area (Å²) in [7, 11) is 0. The van der Waals surface area contributed by atoms with Crippen LogP contribution in [0.4, 0.5) is 17.1 Å². The first-order valence-electron chi connectivity index (χ1n) is 13.5. The molecule has 0 bridgehead atoms. The van der Waals surface area contributed by atoms with E-state index < -0.39 is 17.4 Å². The Morgan fingerprint density at radius 3 is 2.48 bits per heavy atom. The van der Waals surface area contributed by atoms with Gasteiger partial charge >= 0.3 is 0 Å². The normalized spacial score (nSPS) is 21.1. The van der Waals surface area contributed by atoms with Crippen molar-refractivity contribution < 1.29 is 24.6 Å². The van der Waals surface area contributed by atoms with E-state index in [9.17, 15) is 24.6 Å². The number of hydrogen-bond acceptors (Lipinski definition) is 5. The second kappa shape index (κ2) is 11.5. The Morgan fingerprint density at radius 2 is 1.77 bits per heavy atom. The minimum absolute atomic E-state index is 0.0602. The van der Waals surface area contributed by atoms with Crippen molar-refractivity contribution in [3.63, 3.8) is 0 Å². The first-order chi connectivity index (χ1) is 19.3. The summed E-state index contributed by atoms with van der Waals surface area (Å²) in [5.41, 5.74) is 0.513. The third-order valence-corrected chi connectivity index (χ3v) is 7.77. The van der Waals surface area contributed by atoms with Gasteiger partial charge in [0.2, 0.25) is 5.91 Å². The summed E-state index contributed by atoms with van der Waals surface area (Å²) in [6.07, 6.45) is 5.12. The molecule has 2 heterocycles. The Hall–Kier alpha value is -4.27. The molecule has 0 aromatic heterocycles. The fraction of sp³-hybridized carbons (Fsp3) is 0.281. The molecule has 3 aromatic rings. The molecule has 0 spiro atoms. The van der Waals surface area contributed by atoms with Gasteiger partial charge in [0.15, 0.2) is 5.60 Å². The highest BCUT2D eigenvalue weighted by atomic mass is 16.3. The van der Waals surface area contributed by atoms with E-state index in [2.05, 4.69) is 5.32 Å². The lowest BCUT2D eigenvalue weighted by atomic mass is 9.82. The number of nitrogens with zero attached hydrogens (tertiary/aromatic N) is 2. The molecule has 1 saturated heterocycles. The number of rotatable bonds is 8. The number of para-hydroxylation sites is 1. The number of carbonyl (C=O) groups is 3. The van der Waals surface area contributed by atoms with E-state index in [4.69, 9.17) is 0 Å². The van der Waals surface area contributed by atoms with Crippen LogP contribution >= 0.6 is 0 Å². The quantitative estimate of drug-likeness (QED) is 0.368. The van der Waals surface area contributed by atoms with E-state index in [1.54, 1.807) is 78.6 Å². The van der Waals surface area contributed by atoms with Gasteiger partial charge < -0.3 is 20.4 Å². The summed E-state index contributed by atoms with van der Waals surface area (Å²) in [5, 5.41) is 24.5. The summed E-state index contributed by atoms with van der Waals surface area (Å²) in [5.74, 6) is -1.60. The number of fused-ring (bicyclic) bond motifs is 1. The van der Waals surface area contributed by atoms with Crippen molar-refractivity contribution in [1.29, 1.82) is 0 Å². The lowest BCUT2D eigenvalue weighted by Crippen LogP contribution is -2.42. The average molecular weight is 540 g/mol. The van der Waals surface area contributed by atoms with Crippen molar-refractivity contribution >= 4 is 34.8 Å². The van der Waals surface area contributed by atoms with E-state index in [0.29, 0.717) is 34.7 Å². The smallest absolute Gasteiger partial charge is 0.268 e. The van der Waals surface area contributed by atoms with E-state index in [1.807, 2.05) is 24.3 Å². The fourth-order valence-electron chi connectivity index (χ4n) is 5.56. The predicted octanol–water partition coefficient (Wildman–Crippen LogP) is 4.37. The Bertz CT molecular complexity index is 1420. The van der Waals surface area contributed by atoms with Gasteiger partial charge in [0.05, 0.1) is 18.3 Å². The summed E-state index contributed by atoms with van der Waals surface area (Å²) in [6, 6.07) is 22.8. The standard InChI is InChI=1S/C32H33N3O5/c1-22(10-8-16-29(37)34-19-9-15-26(34)21-36)32(40)27-20-24(33-30(38)23-11-4-2-5-12-23)17-18-28(27)35(31(32)39)25-13-6-3-7-14-25/h2-8,10-14,17-18,20,22,26,36,40H,9,15-16,19,21H2,1H3,(H,33,38)/b10-8+/t22-,26-,32+/m0/s1. The summed E-state index contributed by atoms with van der Waals surface area (Å²) < 4.78 is 0. The molecule has 3 atom stereocenters. The van der Waals surface area contributed by atoms with Crippen molar-refractivity contribution in [1.82, 2.24) is 4.90 Å². The molecule has 206 valence electrons. The van der Waals surface area contributed by atoms with Crippen molar-refractivity contribution in [3.8, 4) is 0 Å². The number of aliphatic hydroxyl groups is 2. The maximum atomic E-state index is 13.9. The largest absolute Gasteiger partial charge is 0.394 e. The number of hydrogen-bond donors (Lipinski definition) is 3. The van der Waals surface area contributed by atoms with Crippen LogP contribution in [0.2, 0.25) is 0 Å². The van der Waals surface area contributed by atoms with Crippen LogP contribution in [-0.2, 0) is 15.2 Å². The molecule has 8 heteroatoms. The van der Waals surface area contributed by atoms with Gasteiger partial charge in [-0.15, -0.1) is 0 Å². The minimum Gasteiger partial charge on any atom is -0.394 e. The van der Waals surface area contributed by atoms with Crippen LogP contribution in [-0.4, -0.2) is 52.0 Å². The first-order valence-corrected chi connectivity index (χ1v) is 13.5. The van der Waals surface area contributed by atoms with Crippen LogP contribution in [0, 0.1) is 5.92 Å². The second-order valence-corrected chi connectivity index (χ2v) is 10.3. The predicted molar refractivity (Wildman–Crippen MR) is 153 cm³/mol. The molecule has 3 aromatic carbocycles. The Labute approximate surface area is 233 Å². The molecule has 2 aliphatic heterocycles. The van der Waals surface area contributed by atoms with Crippen molar-refractivity contribution in [2.24, 2.45) is 5.92 Å². The number of anilines is 3. The third-order valence-electron chi connectivity index (χ3n) is 7.77. The molecule has 3 N–H and O–H groups in total. The monoisotopic (exact) mass is 539 g/mol. The Kier molecular flexibility index (Phi) is 7.82. The topological polar surface area (TPSA) is 110 Å². The van der Waals surface area contributed by atoms with E-state index in [-0.39, 0.29) is 30.9 Å². The van der Waals surface area contributed by atoms with E-state index in [1.165, 1.54) is 4.90 Å². The van der Waals surface area contributed by atoms with Crippen LogP contribution in [0.3, 0.4) is 0 Å². The third kappa shape index (κ3) is 5.03. The van der Waals surface area contributed by atoms with Gasteiger partial charge in [-0.1, -0.05) is 55.5 Å². The van der Waals surface area contributed by atoms with Gasteiger partial charge in [-0.3, -0.25) is 19.3 Å². The Morgan fingerprint density at radius 1 is 1.07 bits per heavy atom.